The summed E-state index contributed by atoms with van der Waals surface area (Å²) in [6, 6.07) is 17.9. The van der Waals surface area contributed by atoms with Crippen molar-refractivity contribution in [3.05, 3.63) is 97.9 Å². The molecule has 0 unspecified atom stereocenters. The molecule has 0 aromatic heterocycles. The van der Waals surface area contributed by atoms with Crippen LogP contribution in [0.25, 0.3) is 5.57 Å². The standard InChI is InChI=1S/C27H25BrCl2N2O4S/c1-36-22-7-5-18(6-8-22)9-12-31-37(34,35)26-16-23(24(29)17-25(26)30)27(33)32-13-10-19(11-14-32)20-3-2-4-21(28)15-20/h2-8,10,15-17,31H,9,11-14H2,1H3. The first-order chi connectivity index (χ1) is 17.7. The fourth-order valence-corrected chi connectivity index (χ4v) is 6.36. The number of rotatable bonds is 8. The molecule has 0 spiro atoms. The first kappa shape index (κ1) is 27.7. The highest BCUT2D eigenvalue weighted by Crippen LogP contribution is 2.31. The van der Waals surface area contributed by atoms with Gasteiger partial charge in [-0.05, 0) is 65.9 Å². The highest BCUT2D eigenvalue weighted by molar-refractivity contribution is 9.10. The van der Waals surface area contributed by atoms with Gasteiger partial charge >= 0.3 is 0 Å². The number of amides is 1. The lowest BCUT2D eigenvalue weighted by Crippen LogP contribution is -2.35. The van der Waals surface area contributed by atoms with Gasteiger partial charge in [-0.15, -0.1) is 0 Å². The Morgan fingerprint density at radius 3 is 2.49 bits per heavy atom. The fraction of sp³-hybridized carbons (Fsp3) is 0.222. The van der Waals surface area contributed by atoms with Gasteiger partial charge in [-0.25, -0.2) is 13.1 Å². The molecule has 1 amide bonds. The number of nitrogens with zero attached hydrogens (tertiary/aromatic N) is 1. The van der Waals surface area contributed by atoms with Crippen molar-refractivity contribution in [2.75, 3.05) is 26.7 Å². The molecule has 0 fully saturated rings. The van der Waals surface area contributed by atoms with Crippen LogP contribution < -0.4 is 9.46 Å². The van der Waals surface area contributed by atoms with Crippen molar-refractivity contribution in [2.24, 2.45) is 0 Å². The third kappa shape index (κ3) is 6.75. The Labute approximate surface area is 235 Å². The van der Waals surface area contributed by atoms with Crippen LogP contribution in [0.3, 0.4) is 0 Å². The predicted molar refractivity (Wildman–Crippen MR) is 151 cm³/mol. The smallest absolute Gasteiger partial charge is 0.255 e. The maximum absolute atomic E-state index is 13.3. The maximum atomic E-state index is 13.3. The summed E-state index contributed by atoms with van der Waals surface area (Å²) in [5, 5.41) is 0.0583. The van der Waals surface area contributed by atoms with Crippen molar-refractivity contribution in [2.45, 2.75) is 17.7 Å². The monoisotopic (exact) mass is 622 g/mol. The van der Waals surface area contributed by atoms with E-state index in [2.05, 4.69) is 20.7 Å². The molecule has 194 valence electrons. The van der Waals surface area contributed by atoms with Crippen molar-refractivity contribution in [1.82, 2.24) is 9.62 Å². The molecule has 1 aliphatic rings. The van der Waals surface area contributed by atoms with Crippen LogP contribution in [0.5, 0.6) is 5.75 Å². The van der Waals surface area contributed by atoms with Crippen LogP contribution in [0, 0.1) is 0 Å². The van der Waals surface area contributed by atoms with E-state index in [9.17, 15) is 13.2 Å². The van der Waals surface area contributed by atoms with Crippen molar-refractivity contribution in [3.8, 4) is 5.75 Å². The van der Waals surface area contributed by atoms with E-state index >= 15 is 0 Å². The summed E-state index contributed by atoms with van der Waals surface area (Å²) in [4.78, 5) is 14.8. The van der Waals surface area contributed by atoms with Crippen LogP contribution in [-0.2, 0) is 16.4 Å². The number of halogens is 3. The minimum absolute atomic E-state index is 0.0472. The Bertz CT molecular complexity index is 1440. The molecule has 0 saturated carbocycles. The first-order valence-corrected chi connectivity index (χ1v) is 14.6. The van der Waals surface area contributed by atoms with Crippen molar-refractivity contribution < 1.29 is 17.9 Å². The number of hydrogen-bond acceptors (Lipinski definition) is 4. The van der Waals surface area contributed by atoms with Crippen molar-refractivity contribution in [3.63, 3.8) is 0 Å². The molecule has 1 N–H and O–H groups in total. The molecule has 3 aromatic carbocycles. The Hall–Kier alpha value is -2.36. The molecule has 1 aliphatic heterocycles. The fourth-order valence-electron chi connectivity index (χ4n) is 4.07. The highest BCUT2D eigenvalue weighted by atomic mass is 79.9. The highest BCUT2D eigenvalue weighted by Gasteiger charge is 2.26. The quantitative estimate of drug-likeness (QED) is 0.323. The molecule has 3 aromatic rings. The van der Waals surface area contributed by atoms with Crippen LogP contribution in [-0.4, -0.2) is 46.0 Å². The molecule has 0 radical (unpaired) electrons. The molecular weight excluding hydrogens is 599 g/mol. The van der Waals surface area contributed by atoms with Gasteiger partial charge in [-0.3, -0.25) is 4.79 Å². The normalized spacial score (nSPS) is 13.8. The second kappa shape index (κ2) is 12.0. The van der Waals surface area contributed by atoms with E-state index in [1.54, 1.807) is 12.0 Å². The third-order valence-corrected chi connectivity index (χ3v) is 8.83. The predicted octanol–water partition coefficient (Wildman–Crippen LogP) is 6.22. The van der Waals surface area contributed by atoms with Gasteiger partial charge in [0, 0.05) is 24.1 Å². The Kier molecular flexibility index (Phi) is 8.98. The van der Waals surface area contributed by atoms with Crippen LogP contribution in [0.15, 0.2) is 76.1 Å². The van der Waals surface area contributed by atoms with E-state index in [-0.39, 0.29) is 33.0 Å². The molecule has 4 rings (SSSR count). The van der Waals surface area contributed by atoms with Crippen molar-refractivity contribution in [1.29, 1.82) is 0 Å². The van der Waals surface area contributed by atoms with Crippen LogP contribution in [0.1, 0.15) is 27.9 Å². The Balaban J connectivity index is 1.47. The van der Waals surface area contributed by atoms with E-state index in [1.807, 2.05) is 54.6 Å². The van der Waals surface area contributed by atoms with Gasteiger partial charge in [0.2, 0.25) is 10.0 Å². The summed E-state index contributed by atoms with van der Waals surface area (Å²) in [7, 11) is -2.39. The Morgan fingerprint density at radius 1 is 1.08 bits per heavy atom. The molecular formula is C27H25BrCl2N2O4S. The molecule has 0 atom stereocenters. The summed E-state index contributed by atoms with van der Waals surface area (Å²) < 4.78 is 34.8. The Morgan fingerprint density at radius 2 is 1.84 bits per heavy atom. The van der Waals surface area contributed by atoms with E-state index in [0.717, 1.165) is 26.9 Å². The lowest BCUT2D eigenvalue weighted by Gasteiger charge is -2.27. The van der Waals surface area contributed by atoms with Gasteiger partial charge < -0.3 is 9.64 Å². The van der Waals surface area contributed by atoms with Gasteiger partial charge in [0.1, 0.15) is 10.6 Å². The number of ether oxygens (including phenoxy) is 1. The van der Waals surface area contributed by atoms with E-state index in [1.165, 1.54) is 12.1 Å². The average Bonchev–Trinajstić information content (AvgIpc) is 2.88. The molecule has 10 heteroatoms. The first-order valence-electron chi connectivity index (χ1n) is 11.5. The van der Waals surface area contributed by atoms with Crippen molar-refractivity contribution >= 4 is 60.6 Å². The summed E-state index contributed by atoms with van der Waals surface area (Å²) >= 11 is 16.1. The van der Waals surface area contributed by atoms with Crippen LogP contribution in [0.2, 0.25) is 10.0 Å². The largest absolute Gasteiger partial charge is 0.497 e. The summed E-state index contributed by atoms with van der Waals surface area (Å²) in [6.07, 6.45) is 3.15. The molecule has 0 saturated heterocycles. The zero-order valence-electron chi connectivity index (χ0n) is 20.0. The number of methoxy groups -OCH3 is 1. The van der Waals surface area contributed by atoms with Crippen LogP contribution >= 0.6 is 39.1 Å². The minimum Gasteiger partial charge on any atom is -0.497 e. The van der Waals surface area contributed by atoms with E-state index in [0.29, 0.717) is 25.9 Å². The lowest BCUT2D eigenvalue weighted by molar-refractivity contribution is 0.0773. The molecule has 1 heterocycles. The summed E-state index contributed by atoms with van der Waals surface area (Å²) in [6.45, 7) is 1.03. The summed E-state index contributed by atoms with van der Waals surface area (Å²) in [5.41, 5.74) is 3.29. The summed E-state index contributed by atoms with van der Waals surface area (Å²) in [5.74, 6) is 0.379. The molecule has 0 bridgehead atoms. The van der Waals surface area contributed by atoms with Gasteiger partial charge in [-0.1, -0.05) is 69.5 Å². The van der Waals surface area contributed by atoms with E-state index in [4.69, 9.17) is 27.9 Å². The molecule has 37 heavy (non-hydrogen) atoms. The second-order valence-electron chi connectivity index (χ2n) is 8.50. The second-order valence-corrected chi connectivity index (χ2v) is 12.0. The number of hydrogen-bond donors (Lipinski definition) is 1. The van der Waals surface area contributed by atoms with Gasteiger partial charge in [-0.2, -0.15) is 0 Å². The van der Waals surface area contributed by atoms with Gasteiger partial charge in [0.25, 0.3) is 5.91 Å². The number of nitrogens with one attached hydrogen (secondary N) is 1. The molecule has 6 nitrogen and oxygen atoms in total. The zero-order valence-corrected chi connectivity index (χ0v) is 23.9. The maximum Gasteiger partial charge on any atom is 0.255 e. The number of carbonyl (C=O) groups is 1. The third-order valence-electron chi connectivity index (χ3n) is 6.10. The number of carbonyl (C=O) groups excluding carboxylic acids is 1. The van der Waals surface area contributed by atoms with E-state index < -0.39 is 10.0 Å². The topological polar surface area (TPSA) is 75.7 Å². The lowest BCUT2D eigenvalue weighted by atomic mass is 9.99. The SMILES string of the molecule is COc1ccc(CCNS(=O)(=O)c2cc(C(=O)N3CC=C(c4cccc(Br)c4)CC3)c(Cl)cc2Cl)cc1. The minimum atomic E-state index is -3.98. The van der Waals surface area contributed by atoms with Crippen LogP contribution in [0.4, 0.5) is 0 Å². The van der Waals surface area contributed by atoms with Gasteiger partial charge in [0.05, 0.1) is 22.7 Å². The molecule has 0 aliphatic carbocycles. The number of sulfonamides is 1. The number of benzene rings is 3. The van der Waals surface area contributed by atoms with Gasteiger partial charge in [0.15, 0.2) is 0 Å². The average molecular weight is 624 g/mol. The zero-order chi connectivity index (χ0) is 26.6.